The van der Waals surface area contributed by atoms with Crippen LogP contribution in [-0.4, -0.2) is 34.0 Å². The molecule has 0 saturated carbocycles. The van der Waals surface area contributed by atoms with E-state index in [9.17, 15) is 9.59 Å². The number of hydrogen-bond acceptors (Lipinski definition) is 2. The summed E-state index contributed by atoms with van der Waals surface area (Å²) in [5.41, 5.74) is 0. The minimum atomic E-state index is -0.838. The topological polar surface area (TPSA) is 57.6 Å². The second-order valence-electron chi connectivity index (χ2n) is 5.29. The SMILES string of the molecule is CC[C@@H]1CCCC(=O)N2C(C(=O)O)CC[C@@H]2C1. The number of nitrogens with zero attached hydrogens (tertiary/aromatic N) is 1. The van der Waals surface area contributed by atoms with E-state index in [0.29, 0.717) is 18.8 Å². The Kier molecular flexibility index (Phi) is 3.69. The molecule has 1 amide bonds. The van der Waals surface area contributed by atoms with Crippen molar-refractivity contribution in [1.82, 2.24) is 4.90 Å². The van der Waals surface area contributed by atoms with E-state index in [2.05, 4.69) is 6.92 Å². The molecule has 0 aromatic carbocycles. The summed E-state index contributed by atoms with van der Waals surface area (Å²) in [7, 11) is 0. The van der Waals surface area contributed by atoms with E-state index < -0.39 is 12.0 Å². The summed E-state index contributed by atoms with van der Waals surface area (Å²) in [5, 5.41) is 9.16. The van der Waals surface area contributed by atoms with Crippen LogP contribution in [0.25, 0.3) is 0 Å². The zero-order valence-corrected chi connectivity index (χ0v) is 10.4. The van der Waals surface area contributed by atoms with Crippen LogP contribution in [-0.2, 0) is 9.59 Å². The summed E-state index contributed by atoms with van der Waals surface area (Å²) in [4.78, 5) is 24.8. The third kappa shape index (κ3) is 2.45. The van der Waals surface area contributed by atoms with Crippen LogP contribution in [0.5, 0.6) is 0 Å². The molecule has 4 heteroatoms. The lowest BCUT2D eigenvalue weighted by molar-refractivity contribution is -0.150. The Balaban J connectivity index is 2.15. The smallest absolute Gasteiger partial charge is 0.326 e. The summed E-state index contributed by atoms with van der Waals surface area (Å²) >= 11 is 0. The number of rotatable bonds is 2. The number of fused-ring (bicyclic) bond motifs is 1. The fourth-order valence-electron chi connectivity index (χ4n) is 3.28. The average Bonchev–Trinajstić information content (AvgIpc) is 2.68. The molecule has 0 radical (unpaired) electrons. The second-order valence-corrected chi connectivity index (χ2v) is 5.29. The highest BCUT2D eigenvalue weighted by Gasteiger charge is 2.41. The van der Waals surface area contributed by atoms with Gasteiger partial charge in [-0.15, -0.1) is 0 Å². The molecule has 1 N–H and O–H groups in total. The summed E-state index contributed by atoms with van der Waals surface area (Å²) in [6, 6.07) is -0.392. The van der Waals surface area contributed by atoms with Gasteiger partial charge in [0.2, 0.25) is 5.91 Å². The number of hydrogen-bond donors (Lipinski definition) is 1. The van der Waals surface area contributed by atoms with Crippen molar-refractivity contribution in [2.24, 2.45) is 5.92 Å². The van der Waals surface area contributed by atoms with Gasteiger partial charge in [-0.1, -0.05) is 13.3 Å². The van der Waals surface area contributed by atoms with E-state index in [-0.39, 0.29) is 11.9 Å². The van der Waals surface area contributed by atoms with Crippen LogP contribution in [0.1, 0.15) is 51.9 Å². The lowest BCUT2D eigenvalue weighted by Crippen LogP contribution is -2.46. The van der Waals surface area contributed by atoms with Gasteiger partial charge in [-0.05, 0) is 38.0 Å². The Labute approximate surface area is 102 Å². The maximum Gasteiger partial charge on any atom is 0.326 e. The molecule has 96 valence electrons. The minimum Gasteiger partial charge on any atom is -0.480 e. The normalized spacial score (nSPS) is 34.1. The van der Waals surface area contributed by atoms with Gasteiger partial charge in [0.1, 0.15) is 6.04 Å². The molecule has 2 rings (SSSR count). The molecule has 4 nitrogen and oxygen atoms in total. The maximum atomic E-state index is 12.0. The maximum absolute atomic E-state index is 12.0. The van der Waals surface area contributed by atoms with Crippen molar-refractivity contribution >= 4 is 11.9 Å². The molecule has 3 atom stereocenters. The van der Waals surface area contributed by atoms with Crippen LogP contribution in [0, 0.1) is 5.92 Å². The van der Waals surface area contributed by atoms with Crippen molar-refractivity contribution in [3.63, 3.8) is 0 Å². The second kappa shape index (κ2) is 5.07. The van der Waals surface area contributed by atoms with Crippen molar-refractivity contribution in [2.45, 2.75) is 64.0 Å². The average molecular weight is 239 g/mol. The van der Waals surface area contributed by atoms with Crippen LogP contribution in [0.4, 0.5) is 0 Å². The third-order valence-electron chi connectivity index (χ3n) is 4.26. The fourth-order valence-corrected chi connectivity index (χ4v) is 3.28. The van der Waals surface area contributed by atoms with E-state index in [1.165, 1.54) is 0 Å². The third-order valence-corrected chi connectivity index (χ3v) is 4.26. The lowest BCUT2D eigenvalue weighted by atomic mass is 9.89. The Morgan fingerprint density at radius 3 is 2.82 bits per heavy atom. The summed E-state index contributed by atoms with van der Waals surface area (Å²) in [5.74, 6) is -0.132. The monoisotopic (exact) mass is 239 g/mol. The Bertz CT molecular complexity index is 316. The van der Waals surface area contributed by atoms with Gasteiger partial charge in [0.25, 0.3) is 0 Å². The first-order chi connectivity index (χ1) is 8.13. The molecule has 2 fully saturated rings. The molecule has 0 bridgehead atoms. The van der Waals surface area contributed by atoms with E-state index in [1.807, 2.05) is 0 Å². The highest BCUT2D eigenvalue weighted by atomic mass is 16.4. The van der Waals surface area contributed by atoms with Crippen LogP contribution >= 0.6 is 0 Å². The van der Waals surface area contributed by atoms with Gasteiger partial charge < -0.3 is 10.0 Å². The standard InChI is InChI=1S/C13H21NO3/c1-2-9-4-3-5-12(15)14-10(8-9)6-7-11(14)13(16)17/h9-11H,2-8H2,1H3,(H,16,17)/t9-,10-,11?/m1/s1. The summed E-state index contributed by atoms with van der Waals surface area (Å²) in [6.45, 7) is 2.18. The van der Waals surface area contributed by atoms with Crippen LogP contribution in [0.3, 0.4) is 0 Å². The molecule has 0 aromatic heterocycles. The van der Waals surface area contributed by atoms with Gasteiger partial charge in [0.15, 0.2) is 0 Å². The largest absolute Gasteiger partial charge is 0.480 e. The number of amides is 1. The van der Waals surface area contributed by atoms with E-state index >= 15 is 0 Å². The van der Waals surface area contributed by atoms with E-state index in [1.54, 1.807) is 4.90 Å². The quantitative estimate of drug-likeness (QED) is 0.802. The van der Waals surface area contributed by atoms with Gasteiger partial charge in [-0.25, -0.2) is 4.79 Å². The summed E-state index contributed by atoms with van der Waals surface area (Å²) in [6.07, 6.45) is 6.16. The molecule has 2 saturated heterocycles. The van der Waals surface area contributed by atoms with Gasteiger partial charge in [0, 0.05) is 12.5 Å². The minimum absolute atomic E-state index is 0.0504. The van der Waals surface area contributed by atoms with Crippen molar-refractivity contribution in [3.8, 4) is 0 Å². The first-order valence-electron chi connectivity index (χ1n) is 6.67. The predicted molar refractivity (Wildman–Crippen MR) is 63.5 cm³/mol. The van der Waals surface area contributed by atoms with Gasteiger partial charge in [-0.2, -0.15) is 0 Å². The number of carboxylic acid groups (broad SMARTS) is 1. The Hall–Kier alpha value is -1.06. The van der Waals surface area contributed by atoms with Gasteiger partial charge in [-0.3, -0.25) is 4.79 Å². The molecular formula is C13H21NO3. The first kappa shape index (κ1) is 12.4. The summed E-state index contributed by atoms with van der Waals surface area (Å²) < 4.78 is 0. The van der Waals surface area contributed by atoms with Crippen molar-refractivity contribution in [1.29, 1.82) is 0 Å². The van der Waals surface area contributed by atoms with E-state index in [4.69, 9.17) is 5.11 Å². The predicted octanol–water partition coefficient (Wildman–Crippen LogP) is 2.03. The van der Waals surface area contributed by atoms with Crippen LogP contribution in [0.15, 0.2) is 0 Å². The Morgan fingerprint density at radius 1 is 1.41 bits per heavy atom. The molecule has 2 heterocycles. The fraction of sp³-hybridized carbons (Fsp3) is 0.846. The lowest BCUT2D eigenvalue weighted by Gasteiger charge is -2.33. The molecule has 0 spiro atoms. The number of carbonyl (C=O) groups is 2. The molecule has 0 aromatic rings. The van der Waals surface area contributed by atoms with Crippen molar-refractivity contribution in [3.05, 3.63) is 0 Å². The molecule has 2 aliphatic heterocycles. The van der Waals surface area contributed by atoms with Crippen molar-refractivity contribution in [2.75, 3.05) is 0 Å². The Morgan fingerprint density at radius 2 is 2.18 bits per heavy atom. The molecule has 2 aliphatic rings. The molecule has 17 heavy (non-hydrogen) atoms. The van der Waals surface area contributed by atoms with Crippen LogP contribution in [0.2, 0.25) is 0 Å². The molecular weight excluding hydrogens is 218 g/mol. The number of aliphatic carboxylic acids is 1. The van der Waals surface area contributed by atoms with Gasteiger partial charge in [0.05, 0.1) is 0 Å². The van der Waals surface area contributed by atoms with E-state index in [0.717, 1.165) is 32.1 Å². The number of carboxylic acids is 1. The first-order valence-corrected chi connectivity index (χ1v) is 6.67. The molecule has 0 aliphatic carbocycles. The zero-order valence-electron chi connectivity index (χ0n) is 10.4. The van der Waals surface area contributed by atoms with Gasteiger partial charge >= 0.3 is 5.97 Å². The number of carbonyl (C=O) groups excluding carboxylic acids is 1. The zero-order chi connectivity index (χ0) is 12.4. The molecule has 1 unspecified atom stereocenters. The highest BCUT2D eigenvalue weighted by molar-refractivity contribution is 5.84. The van der Waals surface area contributed by atoms with Crippen molar-refractivity contribution < 1.29 is 14.7 Å². The highest BCUT2D eigenvalue weighted by Crippen LogP contribution is 2.34. The van der Waals surface area contributed by atoms with Crippen LogP contribution < -0.4 is 0 Å².